The van der Waals surface area contributed by atoms with Crippen LogP contribution in [0.1, 0.15) is 413 Å². The molecule has 0 saturated heterocycles. The predicted molar refractivity (Wildman–Crippen MR) is 499 cm³/mol. The van der Waals surface area contributed by atoms with E-state index < -0.39 is 39.8 Å². The molecule has 3 aromatic heterocycles. The fourth-order valence-electron chi connectivity index (χ4n) is 13.8. The Morgan fingerprint density at radius 3 is 0.683 bits per heavy atom. The lowest BCUT2D eigenvalue weighted by Gasteiger charge is -2.26. The third-order valence-corrected chi connectivity index (χ3v) is 23.6. The molecule has 1 aliphatic rings. The lowest BCUT2D eigenvalue weighted by Crippen LogP contribution is -2.45. The Balaban J connectivity index is 0.000000800. The molecule has 4 heterocycles. The van der Waals surface area contributed by atoms with E-state index in [1.54, 1.807) is 0 Å². The molecule has 0 aromatic carbocycles. The Hall–Kier alpha value is -5.35. The summed E-state index contributed by atoms with van der Waals surface area (Å²) >= 11 is 12.4. The maximum absolute atomic E-state index is 11.8. The maximum atomic E-state index is 11.8. The normalized spacial score (nSPS) is 11.8. The Morgan fingerprint density at radius 1 is 0.300 bits per heavy atom. The number of urea groups is 1. The minimum atomic E-state index is -0.525. The SMILES string of the molecule is CCCCCCCCCCCCCCCCOC(=O)CCN1CC(Br)=C(O)NC1=O.CCCCCCCCCCCCCCCCOC(=O)CCn1cc(Br)c(=O)[nH]c1=O.CCCCCCCCCCCCCCCCOC(=O)CCn1cc(Br)c(=O)[nH]c1=O.CCCCCCCCCCCCCCCCOC(=O)CCn1cc(Br)c(=O)[nH]c1=O. The molecular weight excluding hydrogens is 1790 g/mol. The summed E-state index contributed by atoms with van der Waals surface area (Å²) in [5, 5.41) is 11.8. The summed E-state index contributed by atoms with van der Waals surface area (Å²) < 4.78 is 26.1. The number of nitrogens with zero attached hydrogens (tertiary/aromatic N) is 4. The molecule has 0 aliphatic carbocycles. The van der Waals surface area contributed by atoms with Gasteiger partial charge in [-0.05, 0) is 89.4 Å². The number of rotatable bonds is 72. The number of aromatic amines is 3. The number of aliphatic hydroxyl groups excluding tert-OH is 1. The van der Waals surface area contributed by atoms with Gasteiger partial charge >= 0.3 is 47.0 Å². The van der Waals surface area contributed by atoms with Crippen molar-refractivity contribution in [3.05, 3.63) is 105 Å². The van der Waals surface area contributed by atoms with Crippen molar-refractivity contribution in [1.82, 2.24) is 38.9 Å². The number of H-pyrrole nitrogens is 3. The number of amides is 2. The number of aromatic nitrogens is 6. The number of aliphatic hydroxyl groups is 1. The molecule has 0 spiro atoms. The van der Waals surface area contributed by atoms with Crippen molar-refractivity contribution in [2.45, 2.75) is 433 Å². The van der Waals surface area contributed by atoms with Crippen LogP contribution in [0.2, 0.25) is 0 Å². The van der Waals surface area contributed by atoms with Gasteiger partial charge in [0.2, 0.25) is 5.88 Å². The zero-order valence-corrected chi connectivity index (χ0v) is 80.7. The average Bonchev–Trinajstić information content (AvgIpc) is 0.876. The molecule has 690 valence electrons. The van der Waals surface area contributed by atoms with Crippen LogP contribution < -0.4 is 39.1 Å². The van der Waals surface area contributed by atoms with Crippen molar-refractivity contribution in [1.29, 1.82) is 0 Å². The number of unbranched alkanes of at least 4 members (excludes halogenated alkanes) is 52. The maximum Gasteiger partial charge on any atom is 0.328 e. The van der Waals surface area contributed by atoms with Gasteiger partial charge in [-0.1, -0.05) is 362 Å². The van der Waals surface area contributed by atoms with Crippen molar-refractivity contribution < 1.29 is 48.0 Å². The lowest BCUT2D eigenvalue weighted by molar-refractivity contribution is -0.145. The molecular formula is C92H158Br4N8O16. The summed E-state index contributed by atoms with van der Waals surface area (Å²) in [5.41, 5.74) is -3.00. The number of esters is 4. The summed E-state index contributed by atoms with van der Waals surface area (Å²) in [6.07, 6.45) is 77.1. The third-order valence-electron chi connectivity index (χ3n) is 21.3. The minimum Gasteiger partial charge on any atom is -0.494 e. The molecule has 2 amide bonds. The summed E-state index contributed by atoms with van der Waals surface area (Å²) in [5.74, 6) is -1.42. The Morgan fingerprint density at radius 2 is 0.483 bits per heavy atom. The second kappa shape index (κ2) is 79.5. The molecule has 0 radical (unpaired) electrons. The number of hydrogen-bond donors (Lipinski definition) is 5. The van der Waals surface area contributed by atoms with Crippen LogP contribution in [0.4, 0.5) is 4.79 Å². The van der Waals surface area contributed by atoms with E-state index in [4.69, 9.17) is 18.9 Å². The van der Waals surface area contributed by atoms with Gasteiger partial charge < -0.3 is 29.0 Å². The second-order valence-corrected chi connectivity index (χ2v) is 35.7. The standard InChI is InChI=1S/C23H41BrN2O4.3C23H39BrN2O4/c4*1-2-3-4-5-6-7-8-9-10-11-12-13-14-15-18-30-21(27)16-17-26-19-20(24)22(28)25-23(26)29/h28H,2-19H2,1H3,(H,25,29);3*19H,2-18H2,1H3,(H,25,28,29). The van der Waals surface area contributed by atoms with E-state index in [9.17, 15) is 57.8 Å². The van der Waals surface area contributed by atoms with Crippen LogP contribution in [-0.4, -0.2) is 108 Å². The van der Waals surface area contributed by atoms with Crippen molar-refractivity contribution in [2.24, 2.45) is 0 Å². The van der Waals surface area contributed by atoms with E-state index >= 15 is 0 Å². The molecule has 0 bridgehead atoms. The lowest BCUT2D eigenvalue weighted by atomic mass is 10.0. The molecule has 0 saturated carbocycles. The number of carbonyl (C=O) groups excluding carboxylic acids is 5. The van der Waals surface area contributed by atoms with Crippen molar-refractivity contribution in [3.8, 4) is 0 Å². The van der Waals surface area contributed by atoms with E-state index in [-0.39, 0.29) is 102 Å². The number of halogens is 4. The molecule has 5 N–H and O–H groups in total. The van der Waals surface area contributed by atoms with Gasteiger partial charge in [-0.25, -0.2) is 19.2 Å². The first kappa shape index (κ1) is 113. The zero-order chi connectivity index (χ0) is 88.1. The number of nitrogens with one attached hydrogen (secondary N) is 4. The van der Waals surface area contributed by atoms with Crippen LogP contribution in [0.5, 0.6) is 0 Å². The average molecular weight is 1950 g/mol. The smallest absolute Gasteiger partial charge is 0.328 e. The Kier molecular flexibility index (Phi) is 74.7. The minimum absolute atomic E-state index is 0.108. The van der Waals surface area contributed by atoms with Gasteiger partial charge in [0.25, 0.3) is 16.7 Å². The van der Waals surface area contributed by atoms with E-state index in [2.05, 4.69) is 112 Å². The fraction of sp³-hybridized carbons (Fsp3) is 0.793. The molecule has 24 nitrogen and oxygen atoms in total. The van der Waals surface area contributed by atoms with Gasteiger partial charge in [0, 0.05) is 44.8 Å². The highest BCUT2D eigenvalue weighted by atomic mass is 79.9. The quantitative estimate of drug-likeness (QED) is 0.0199. The molecule has 3 aromatic rings. The monoisotopic (exact) mass is 1950 g/mol. The van der Waals surface area contributed by atoms with E-state index in [1.807, 2.05) is 0 Å². The third kappa shape index (κ3) is 65.3. The summed E-state index contributed by atoms with van der Waals surface area (Å²) in [6, 6.07) is -0.407. The molecule has 0 fully saturated rings. The summed E-state index contributed by atoms with van der Waals surface area (Å²) in [7, 11) is 0. The zero-order valence-electron chi connectivity index (χ0n) is 74.4. The van der Waals surface area contributed by atoms with Crippen LogP contribution in [0.15, 0.2) is 71.1 Å². The highest BCUT2D eigenvalue weighted by Gasteiger charge is 2.24. The molecule has 4 rings (SSSR count). The van der Waals surface area contributed by atoms with Crippen LogP contribution in [0.25, 0.3) is 0 Å². The van der Waals surface area contributed by atoms with E-state index in [0.29, 0.717) is 30.9 Å². The van der Waals surface area contributed by atoms with E-state index in [1.165, 1.54) is 345 Å². The number of ether oxygens (including phenoxy) is 4. The Bertz CT molecular complexity index is 3240. The van der Waals surface area contributed by atoms with Crippen LogP contribution >= 0.6 is 63.7 Å². The van der Waals surface area contributed by atoms with Gasteiger partial charge in [-0.3, -0.25) is 67.5 Å². The van der Waals surface area contributed by atoms with Gasteiger partial charge in [-0.2, -0.15) is 0 Å². The van der Waals surface area contributed by atoms with Crippen molar-refractivity contribution in [2.75, 3.05) is 39.5 Å². The number of carbonyl (C=O) groups is 5. The van der Waals surface area contributed by atoms with Gasteiger partial charge in [-0.15, -0.1) is 0 Å². The van der Waals surface area contributed by atoms with Crippen molar-refractivity contribution in [3.63, 3.8) is 0 Å². The molecule has 120 heavy (non-hydrogen) atoms. The first-order valence-corrected chi connectivity index (χ1v) is 50.1. The fourth-order valence-corrected chi connectivity index (χ4v) is 15.2. The van der Waals surface area contributed by atoms with Crippen molar-refractivity contribution >= 4 is 93.6 Å². The molecule has 1 aliphatic heterocycles. The highest BCUT2D eigenvalue weighted by Crippen LogP contribution is 2.20. The first-order valence-electron chi connectivity index (χ1n) is 46.9. The number of aryl methyl sites for hydroxylation is 3. The Labute approximate surface area is 752 Å². The molecule has 0 unspecified atom stereocenters. The molecule has 0 atom stereocenters. The van der Waals surface area contributed by atoms with Gasteiger partial charge in [0.15, 0.2) is 0 Å². The first-order chi connectivity index (χ1) is 58.2. The number of hydrogen-bond acceptors (Lipinski definition) is 16. The van der Waals surface area contributed by atoms with Gasteiger partial charge in [0.05, 0.1) is 76.6 Å². The van der Waals surface area contributed by atoms with Crippen LogP contribution in [-0.2, 0) is 57.8 Å². The van der Waals surface area contributed by atoms with Crippen LogP contribution in [0, 0.1) is 0 Å². The summed E-state index contributed by atoms with van der Waals surface area (Å²) in [4.78, 5) is 136. The largest absolute Gasteiger partial charge is 0.494 e. The van der Waals surface area contributed by atoms with Crippen LogP contribution in [0.3, 0.4) is 0 Å². The molecule has 28 heteroatoms. The highest BCUT2D eigenvalue weighted by molar-refractivity contribution is 9.12. The summed E-state index contributed by atoms with van der Waals surface area (Å²) in [6.45, 7) is 11.9. The second-order valence-electron chi connectivity index (χ2n) is 32.2. The van der Waals surface area contributed by atoms with Gasteiger partial charge in [0.1, 0.15) is 0 Å². The van der Waals surface area contributed by atoms with E-state index in [0.717, 1.165) is 51.4 Å². The topological polar surface area (TPSA) is 322 Å². The predicted octanol–water partition coefficient (Wildman–Crippen LogP) is 23.7.